The van der Waals surface area contributed by atoms with Crippen LogP contribution in [0.5, 0.6) is 41.0 Å². The number of isocyanates is 4. The first-order valence-electron chi connectivity index (χ1n) is 16.7. The summed E-state index contributed by atoms with van der Waals surface area (Å²) in [6.45, 7) is 0.683. The lowest BCUT2D eigenvalue weighted by Gasteiger charge is -2.17. The number of fused-ring (bicyclic) bond motifs is 11. The van der Waals surface area contributed by atoms with Crippen molar-refractivity contribution in [3.63, 3.8) is 0 Å². The van der Waals surface area contributed by atoms with Crippen LogP contribution in [0.1, 0.15) is 13.3 Å². The van der Waals surface area contributed by atoms with Gasteiger partial charge in [-0.15, -0.1) is 15.0 Å². The molecule has 6 N–H and O–H groups in total. The van der Waals surface area contributed by atoms with E-state index in [4.69, 9.17) is 23.7 Å². The smallest absolute Gasteiger partial charge is 0.331 e. The van der Waals surface area contributed by atoms with Crippen molar-refractivity contribution < 1.29 is 58.2 Å². The molecule has 2 aliphatic rings. The average Bonchev–Trinajstić information content (AvgIpc) is 3.18. The molecule has 0 aliphatic carbocycles. The lowest BCUT2D eigenvalue weighted by molar-refractivity contribution is 0.103. The van der Waals surface area contributed by atoms with Gasteiger partial charge in [-0.2, -0.15) is 34.9 Å². The molecular formula is C33H31N13O12. The van der Waals surface area contributed by atoms with Crippen LogP contribution < -0.4 is 39.6 Å². The van der Waals surface area contributed by atoms with Gasteiger partial charge in [0, 0.05) is 37.8 Å². The molecule has 3 unspecified atom stereocenters. The zero-order valence-corrected chi connectivity index (χ0v) is 30.3. The maximum absolute atomic E-state index is 11.4. The number of rotatable bonds is 8. The molecule has 0 saturated heterocycles. The van der Waals surface area contributed by atoms with Gasteiger partial charge in [-0.1, -0.05) is 0 Å². The Kier molecular flexibility index (Phi) is 14.5. The van der Waals surface area contributed by atoms with Crippen molar-refractivity contribution in [3.8, 4) is 41.0 Å². The molecule has 300 valence electrons. The molecule has 58 heavy (non-hydrogen) atoms. The first kappa shape index (κ1) is 41.4. The number of aliphatic hydroxyl groups is 3. The van der Waals surface area contributed by atoms with Crippen molar-refractivity contribution in [1.82, 2.24) is 29.9 Å². The van der Waals surface area contributed by atoms with Crippen LogP contribution in [-0.2, 0) is 19.2 Å². The van der Waals surface area contributed by atoms with Gasteiger partial charge in [-0.3, -0.25) is 0 Å². The summed E-state index contributed by atoms with van der Waals surface area (Å²) in [6.07, 6.45) is 2.35. The molecule has 6 rings (SSSR count). The lowest BCUT2D eigenvalue weighted by atomic mass is 10.2. The van der Waals surface area contributed by atoms with Gasteiger partial charge in [0.15, 0.2) is 17.2 Å². The number of benzene rings is 2. The van der Waals surface area contributed by atoms with Crippen LogP contribution in [0.4, 0.5) is 40.6 Å². The average molecular weight is 802 g/mol. The van der Waals surface area contributed by atoms with Crippen LogP contribution in [0, 0.1) is 0 Å². The Balaban J connectivity index is 1.60. The maximum Gasteiger partial charge on any atom is 0.331 e. The second-order valence-corrected chi connectivity index (χ2v) is 11.5. The highest BCUT2D eigenvalue weighted by Crippen LogP contribution is 2.44. The largest absolute Gasteiger partial charge is 0.486 e. The molecule has 2 aromatic heterocycles. The molecule has 0 fully saturated rings. The van der Waals surface area contributed by atoms with E-state index in [9.17, 15) is 34.5 Å². The molecule has 0 saturated carbocycles. The van der Waals surface area contributed by atoms with E-state index < -0.39 is 36.9 Å². The highest BCUT2D eigenvalue weighted by atomic mass is 16.5. The SMILES string of the molecule is COc1nc2nc(n1)Oc1cc(N=C=O)cc(N=C=O)c1OCC(O)CNc1nc(nc(NCC(C)O)n1)NCCC(O)COc1c(N=C=O)cc(cc1N=C=O)O2. The van der Waals surface area contributed by atoms with Crippen LogP contribution in [0.3, 0.4) is 0 Å². The molecule has 4 heterocycles. The van der Waals surface area contributed by atoms with Crippen molar-refractivity contribution in [1.29, 1.82) is 0 Å². The third-order valence-electron chi connectivity index (χ3n) is 7.17. The molecule has 0 radical (unpaired) electrons. The monoisotopic (exact) mass is 801 g/mol. The Morgan fingerprint density at radius 3 is 2.03 bits per heavy atom. The molecule has 2 aromatic carbocycles. The van der Waals surface area contributed by atoms with Crippen LogP contribution in [0.2, 0.25) is 0 Å². The van der Waals surface area contributed by atoms with Crippen molar-refractivity contribution in [2.24, 2.45) is 20.0 Å². The van der Waals surface area contributed by atoms with Gasteiger partial charge in [-0.05, 0) is 19.4 Å². The molecule has 2 aliphatic heterocycles. The first-order chi connectivity index (χ1) is 28.1. The topological polar surface area (TPSA) is 338 Å². The molecular weight excluding hydrogens is 770 g/mol. The van der Waals surface area contributed by atoms with Gasteiger partial charge < -0.3 is 55.0 Å². The van der Waals surface area contributed by atoms with Crippen molar-refractivity contribution in [3.05, 3.63) is 24.3 Å². The quantitative estimate of drug-likeness (QED) is 0.109. The summed E-state index contributed by atoms with van der Waals surface area (Å²) >= 11 is 0. The van der Waals surface area contributed by atoms with Crippen LogP contribution >= 0.6 is 0 Å². The molecule has 6 bridgehead atoms. The van der Waals surface area contributed by atoms with Crippen molar-refractivity contribution in [2.45, 2.75) is 31.7 Å². The number of ether oxygens (including phenoxy) is 5. The van der Waals surface area contributed by atoms with Crippen LogP contribution in [0.15, 0.2) is 44.2 Å². The predicted molar refractivity (Wildman–Crippen MR) is 195 cm³/mol. The molecule has 25 heteroatoms. The molecule has 0 amide bonds. The number of nitrogens with one attached hydrogen (secondary N) is 3. The Bertz CT molecular complexity index is 2270. The lowest BCUT2D eigenvalue weighted by Crippen LogP contribution is -2.27. The third kappa shape index (κ3) is 11.6. The highest BCUT2D eigenvalue weighted by Gasteiger charge is 2.22. The molecule has 3 atom stereocenters. The number of methoxy groups -OCH3 is 1. The highest BCUT2D eigenvalue weighted by molar-refractivity contribution is 5.74. The number of hydrogen-bond acceptors (Lipinski definition) is 25. The zero-order chi connectivity index (χ0) is 41.4. The van der Waals surface area contributed by atoms with E-state index in [2.05, 4.69) is 65.8 Å². The Morgan fingerprint density at radius 1 is 0.793 bits per heavy atom. The Hall–Kier alpha value is -7.74. The van der Waals surface area contributed by atoms with Crippen molar-refractivity contribution in [2.75, 3.05) is 55.9 Å². The summed E-state index contributed by atoms with van der Waals surface area (Å²) in [5.41, 5.74) is -0.790. The minimum Gasteiger partial charge on any atom is -0.486 e. The summed E-state index contributed by atoms with van der Waals surface area (Å²) in [7, 11) is 1.22. The number of aromatic nitrogens is 6. The number of nitrogens with zero attached hydrogens (tertiary/aromatic N) is 10. The summed E-state index contributed by atoms with van der Waals surface area (Å²) in [5.74, 6) is -0.822. The summed E-state index contributed by atoms with van der Waals surface area (Å²) < 4.78 is 28.4. The molecule has 0 spiro atoms. The number of aliphatic hydroxyl groups excluding tert-OH is 3. The summed E-state index contributed by atoms with van der Waals surface area (Å²) in [6, 6.07) is 3.39. The fraction of sp³-hybridized carbons (Fsp3) is 0.333. The standard InChI is InChI=1S/C33H31N13O12/c1-17(51)9-35-29-41-28-34-4-3-19(52)11-55-26-23(39-15-49)7-21(8-24(26)40-16-50)57-32-44-31(54-2)45-33(46-32)58-25-6-18(37-13-47)5-22(38-14-48)27(25)56-12-20(53)10-36-30(42-28)43-29/h5-8,17,19-20,51-53H,3-4,9-12H2,1-2H3,(H3,34,35,36,41,42,43). The first-order valence-corrected chi connectivity index (χ1v) is 16.7. The number of anilines is 3. The van der Waals surface area contributed by atoms with Crippen LogP contribution in [0.25, 0.3) is 0 Å². The van der Waals surface area contributed by atoms with E-state index in [1.807, 2.05) is 0 Å². The van der Waals surface area contributed by atoms with E-state index in [1.165, 1.54) is 55.7 Å². The van der Waals surface area contributed by atoms with E-state index in [0.29, 0.717) is 0 Å². The normalized spacial score (nSPS) is 15.8. The number of carbonyl (C=O) groups excluding carboxylic acids is 4. The fourth-order valence-electron chi connectivity index (χ4n) is 4.71. The molecule has 4 aromatic rings. The van der Waals surface area contributed by atoms with Gasteiger partial charge in [0.2, 0.25) is 42.2 Å². The van der Waals surface area contributed by atoms with Crippen LogP contribution in [-0.4, -0.2) is 128 Å². The second-order valence-electron chi connectivity index (χ2n) is 11.5. The second kappa shape index (κ2) is 20.3. The third-order valence-corrected chi connectivity index (χ3v) is 7.17. The van der Waals surface area contributed by atoms with Gasteiger partial charge in [0.05, 0.1) is 25.0 Å². The van der Waals surface area contributed by atoms with E-state index in [0.717, 1.165) is 0 Å². The Labute approximate surface area is 325 Å². The van der Waals surface area contributed by atoms with Gasteiger partial charge >= 0.3 is 18.0 Å². The fourth-order valence-corrected chi connectivity index (χ4v) is 4.71. The van der Waals surface area contributed by atoms with Crippen molar-refractivity contribution >= 4 is 64.9 Å². The number of hydrogen-bond donors (Lipinski definition) is 6. The zero-order valence-electron chi connectivity index (χ0n) is 30.3. The predicted octanol–water partition coefficient (Wildman–Crippen LogP) is 1.72. The molecule has 25 nitrogen and oxygen atoms in total. The number of aliphatic imine (C=N–C) groups is 4. The summed E-state index contributed by atoms with van der Waals surface area (Å²) in [5, 5.41) is 40.1. The van der Waals surface area contributed by atoms with E-state index >= 15 is 0 Å². The van der Waals surface area contributed by atoms with Gasteiger partial charge in [0.25, 0.3) is 0 Å². The minimum atomic E-state index is -1.29. The van der Waals surface area contributed by atoms with E-state index in [-0.39, 0.29) is 102 Å². The Morgan fingerprint density at radius 2 is 1.40 bits per heavy atom. The van der Waals surface area contributed by atoms with Gasteiger partial charge in [-0.25, -0.2) is 19.2 Å². The summed E-state index contributed by atoms with van der Waals surface area (Å²) in [4.78, 5) is 84.8. The van der Waals surface area contributed by atoms with E-state index in [1.54, 1.807) is 6.92 Å². The maximum atomic E-state index is 11.4. The van der Waals surface area contributed by atoms with Gasteiger partial charge in [0.1, 0.15) is 42.1 Å². The minimum absolute atomic E-state index is 0.0119.